The van der Waals surface area contributed by atoms with Gasteiger partial charge in [0.05, 0.1) is 13.3 Å². The second-order valence-electron chi connectivity index (χ2n) is 3.25. The first-order chi connectivity index (χ1) is 8.22. The van der Waals surface area contributed by atoms with Crippen LogP contribution < -0.4 is 0 Å². The first-order valence-corrected chi connectivity index (χ1v) is 5.68. The maximum absolute atomic E-state index is 11.4. The summed E-state index contributed by atoms with van der Waals surface area (Å²) in [7, 11) is 1.31. The van der Waals surface area contributed by atoms with Gasteiger partial charge < -0.3 is 4.74 Å². The molecule has 0 saturated heterocycles. The highest BCUT2D eigenvalue weighted by Crippen LogP contribution is 2.24. The fraction of sp³-hybridized carbons (Fsp3) is 0.0833. The zero-order valence-electron chi connectivity index (χ0n) is 9.05. The van der Waals surface area contributed by atoms with Crippen LogP contribution in [0.1, 0.15) is 10.5 Å². The molecule has 0 N–H and O–H groups in total. The average Bonchev–Trinajstić information content (AvgIpc) is 2.39. The van der Waals surface area contributed by atoms with Crippen molar-refractivity contribution < 1.29 is 9.53 Å². The highest BCUT2D eigenvalue weighted by atomic mass is 79.9. The summed E-state index contributed by atoms with van der Waals surface area (Å²) in [6.07, 6.45) is 1.38. The van der Waals surface area contributed by atoms with Crippen LogP contribution in [0.2, 0.25) is 0 Å². The zero-order valence-corrected chi connectivity index (χ0v) is 10.6. The van der Waals surface area contributed by atoms with Gasteiger partial charge in [0, 0.05) is 5.56 Å². The third-order valence-corrected chi connectivity index (χ3v) is 2.75. The molecule has 0 aliphatic carbocycles. The molecule has 0 saturated carbocycles. The van der Waals surface area contributed by atoms with Crippen molar-refractivity contribution in [3.8, 4) is 11.3 Å². The van der Waals surface area contributed by atoms with Gasteiger partial charge in [0.25, 0.3) is 0 Å². The highest BCUT2D eigenvalue weighted by Gasteiger charge is 2.12. The standard InChI is InChI=1S/C12H9BrN2O2/c1-17-12(16)9-7-14-11(13)10(15-9)8-5-3-2-4-6-8/h2-7H,1H3. The smallest absolute Gasteiger partial charge is 0.358 e. The van der Waals surface area contributed by atoms with E-state index in [2.05, 4.69) is 30.6 Å². The molecule has 1 aromatic heterocycles. The molecule has 0 bridgehead atoms. The second kappa shape index (κ2) is 5.05. The largest absolute Gasteiger partial charge is 0.464 e. The SMILES string of the molecule is COC(=O)c1cnc(Br)c(-c2ccccc2)n1. The van der Waals surface area contributed by atoms with Crippen molar-refractivity contribution in [1.29, 1.82) is 0 Å². The van der Waals surface area contributed by atoms with Crippen molar-refractivity contribution in [2.75, 3.05) is 7.11 Å². The van der Waals surface area contributed by atoms with E-state index in [1.54, 1.807) is 0 Å². The molecule has 1 aromatic carbocycles. The summed E-state index contributed by atoms with van der Waals surface area (Å²) in [5.74, 6) is -0.498. The lowest BCUT2D eigenvalue weighted by atomic mass is 10.1. The van der Waals surface area contributed by atoms with Crippen LogP contribution in [0.15, 0.2) is 41.1 Å². The topological polar surface area (TPSA) is 52.1 Å². The summed E-state index contributed by atoms with van der Waals surface area (Å²) in [6, 6.07) is 9.50. The minimum Gasteiger partial charge on any atom is -0.464 e. The van der Waals surface area contributed by atoms with Crippen LogP contribution in [-0.2, 0) is 4.74 Å². The monoisotopic (exact) mass is 292 g/mol. The summed E-state index contributed by atoms with van der Waals surface area (Å²) < 4.78 is 5.20. The quantitative estimate of drug-likeness (QED) is 0.799. The number of rotatable bonds is 2. The molecule has 2 aromatic rings. The number of aromatic nitrogens is 2. The minimum absolute atomic E-state index is 0.189. The molecule has 4 nitrogen and oxygen atoms in total. The molecule has 17 heavy (non-hydrogen) atoms. The van der Waals surface area contributed by atoms with Crippen molar-refractivity contribution in [1.82, 2.24) is 9.97 Å². The van der Waals surface area contributed by atoms with Crippen LogP contribution in [0, 0.1) is 0 Å². The maximum Gasteiger partial charge on any atom is 0.358 e. The van der Waals surface area contributed by atoms with E-state index >= 15 is 0 Å². The number of halogens is 1. The molecule has 0 unspecified atom stereocenters. The Morgan fingerprint density at radius 1 is 1.29 bits per heavy atom. The Balaban J connectivity index is 2.50. The summed E-state index contributed by atoms with van der Waals surface area (Å²) in [5, 5.41) is 0. The maximum atomic E-state index is 11.4. The molecule has 0 fully saturated rings. The number of methoxy groups -OCH3 is 1. The molecule has 86 valence electrons. The van der Waals surface area contributed by atoms with E-state index in [0.717, 1.165) is 5.56 Å². The van der Waals surface area contributed by atoms with Crippen molar-refractivity contribution in [3.63, 3.8) is 0 Å². The van der Waals surface area contributed by atoms with Crippen LogP contribution in [0.25, 0.3) is 11.3 Å². The van der Waals surface area contributed by atoms with E-state index in [1.165, 1.54) is 13.3 Å². The Morgan fingerprint density at radius 2 is 2.00 bits per heavy atom. The van der Waals surface area contributed by atoms with Crippen LogP contribution in [-0.4, -0.2) is 23.0 Å². The molecule has 0 aliphatic heterocycles. The lowest BCUT2D eigenvalue weighted by Crippen LogP contribution is -2.06. The van der Waals surface area contributed by atoms with Crippen molar-refractivity contribution in [3.05, 3.63) is 46.8 Å². The lowest BCUT2D eigenvalue weighted by Gasteiger charge is -2.05. The van der Waals surface area contributed by atoms with Gasteiger partial charge in [0.15, 0.2) is 5.69 Å². The van der Waals surface area contributed by atoms with Crippen LogP contribution in [0.4, 0.5) is 0 Å². The number of benzene rings is 1. The predicted octanol–water partition coefficient (Wildman–Crippen LogP) is 2.69. The molecule has 0 spiro atoms. The number of carbonyl (C=O) groups excluding carboxylic acids is 1. The lowest BCUT2D eigenvalue weighted by molar-refractivity contribution is 0.0593. The normalized spacial score (nSPS) is 10.0. The Labute approximate surface area is 107 Å². The number of ether oxygens (including phenoxy) is 1. The Bertz CT molecular complexity index is 543. The number of hydrogen-bond acceptors (Lipinski definition) is 4. The first-order valence-electron chi connectivity index (χ1n) is 4.88. The van der Waals surface area contributed by atoms with Gasteiger partial charge in [-0.1, -0.05) is 30.3 Å². The summed E-state index contributed by atoms with van der Waals surface area (Å²) in [5.41, 5.74) is 1.70. The van der Waals surface area contributed by atoms with Crippen LogP contribution in [0.3, 0.4) is 0 Å². The first kappa shape index (κ1) is 11.7. The van der Waals surface area contributed by atoms with Crippen molar-refractivity contribution >= 4 is 21.9 Å². The molecule has 5 heteroatoms. The summed E-state index contributed by atoms with van der Waals surface area (Å²) in [6.45, 7) is 0. The second-order valence-corrected chi connectivity index (χ2v) is 4.00. The van der Waals surface area contributed by atoms with E-state index in [1.807, 2.05) is 30.3 Å². The van der Waals surface area contributed by atoms with Crippen molar-refractivity contribution in [2.24, 2.45) is 0 Å². The molecular weight excluding hydrogens is 284 g/mol. The van der Waals surface area contributed by atoms with Gasteiger partial charge in [-0.2, -0.15) is 0 Å². The number of nitrogens with zero attached hydrogens (tertiary/aromatic N) is 2. The predicted molar refractivity (Wildman–Crippen MR) is 66.5 cm³/mol. The van der Waals surface area contributed by atoms with E-state index in [0.29, 0.717) is 10.3 Å². The molecule has 1 heterocycles. The van der Waals surface area contributed by atoms with Crippen molar-refractivity contribution in [2.45, 2.75) is 0 Å². The number of hydrogen-bond donors (Lipinski definition) is 0. The van der Waals surface area contributed by atoms with E-state index in [9.17, 15) is 4.79 Å². The minimum atomic E-state index is -0.498. The van der Waals surface area contributed by atoms with Crippen LogP contribution in [0.5, 0.6) is 0 Å². The molecular formula is C12H9BrN2O2. The Kier molecular flexibility index (Phi) is 3.49. The van der Waals surface area contributed by atoms with Gasteiger partial charge in [-0.05, 0) is 15.9 Å². The summed E-state index contributed by atoms with van der Waals surface area (Å²) >= 11 is 3.31. The van der Waals surface area contributed by atoms with Gasteiger partial charge in [-0.25, -0.2) is 14.8 Å². The fourth-order valence-electron chi connectivity index (χ4n) is 1.36. The van der Waals surface area contributed by atoms with E-state index in [-0.39, 0.29) is 5.69 Å². The van der Waals surface area contributed by atoms with Gasteiger partial charge in [-0.15, -0.1) is 0 Å². The van der Waals surface area contributed by atoms with Gasteiger partial charge in [0.1, 0.15) is 10.3 Å². The Morgan fingerprint density at radius 3 is 2.65 bits per heavy atom. The fourth-order valence-corrected chi connectivity index (χ4v) is 1.78. The van der Waals surface area contributed by atoms with Gasteiger partial charge >= 0.3 is 5.97 Å². The van der Waals surface area contributed by atoms with Gasteiger partial charge in [0.2, 0.25) is 0 Å². The van der Waals surface area contributed by atoms with E-state index in [4.69, 9.17) is 0 Å². The average molecular weight is 293 g/mol. The summed E-state index contributed by atoms with van der Waals surface area (Å²) in [4.78, 5) is 19.7. The van der Waals surface area contributed by atoms with Crippen LogP contribution >= 0.6 is 15.9 Å². The molecule has 0 amide bonds. The molecule has 0 aliphatic rings. The molecule has 0 atom stereocenters. The molecule has 0 radical (unpaired) electrons. The Hall–Kier alpha value is -1.75. The third kappa shape index (κ3) is 2.50. The van der Waals surface area contributed by atoms with E-state index < -0.39 is 5.97 Å². The zero-order chi connectivity index (χ0) is 12.3. The highest BCUT2D eigenvalue weighted by molar-refractivity contribution is 9.10. The number of esters is 1. The number of carbonyl (C=O) groups is 1. The molecule has 2 rings (SSSR count). The van der Waals surface area contributed by atoms with Gasteiger partial charge in [-0.3, -0.25) is 0 Å². The third-order valence-electron chi connectivity index (χ3n) is 2.17.